The number of aliphatic hydroxyl groups excluding tert-OH is 1. The van der Waals surface area contributed by atoms with Crippen molar-refractivity contribution < 1.29 is 97.1 Å². The third kappa shape index (κ3) is 31.0. The highest BCUT2D eigenvalue weighted by Crippen LogP contribution is 2.23. The van der Waals surface area contributed by atoms with Gasteiger partial charge in [0.2, 0.25) is 76.8 Å². The fourth-order valence-electron chi connectivity index (χ4n) is 11.9. The Balaban J connectivity index is 1.40. The number of nitrogens with two attached hydrogens (primary N) is 4. The van der Waals surface area contributed by atoms with Gasteiger partial charge in [-0.1, -0.05) is 35.5 Å². The van der Waals surface area contributed by atoms with Crippen LogP contribution in [-0.4, -0.2) is 263 Å². The molecule has 43 nitrogen and oxygen atoms in total. The normalized spacial score (nSPS) is 15.3. The number of amides is 15. The Bertz CT molecular complexity index is 4050. The summed E-state index contributed by atoms with van der Waals surface area (Å²) >= 11 is 8.33. The van der Waals surface area contributed by atoms with Crippen LogP contribution in [-0.2, 0) is 91.3 Å². The highest BCUT2D eigenvalue weighted by molar-refractivity contribution is 7.80. The lowest BCUT2D eigenvalue weighted by atomic mass is 10.0. The highest BCUT2D eigenvalue weighted by atomic mass is 32.1. The molecule has 624 valence electrons. The molecule has 45 heteroatoms. The Labute approximate surface area is 664 Å². The van der Waals surface area contributed by atoms with Crippen molar-refractivity contribution in [1.82, 2.24) is 94.0 Å². The Morgan fingerprint density at radius 2 is 1.16 bits per heavy atom. The monoisotopic (exact) mass is 1640 g/mol. The number of carboxylic acid groups (broad SMARTS) is 2. The standard InChI is InChI=1S/C69H101N23O20S2/c1-35-32-91(90-89-35)25-7-13-44(59(102)86-48(67(110)111)27-37-15-18-39(94)19-16-37)80-62(105)46(21-22-52(71)95)83-61(104)45(20-17-38-30-77-41-10-4-3-9-40(38)41)82-58(101)42(12-6-24-76-69(74)112)81-63(106)50(34-114)87-60(103)43(11-5-23-75-68(72)73)84-64(107)51-14-8-26-92(51)66(109)47(28-55(98)99)85-65(108)56(36(2)93)88-54(97)31-78-57(100)49(33-113)79-53(96)29-70/h3-4,9-10,15-16,18-19,30,32,36,42-51,56,77,93-94,113-114H,5-8,11-14,17,20-29,31,33-34,70H2,1-2H3,(H2,71,95)(H,78,100)(H,79,96)(H,80,105)(H,81,106)(H,82,101)(H,83,104)(H,84,107)(H,85,108)(H,86,102)(H,87,103)(H,88,97)(H,98,99)(H,110,111)(H4,72,73,75)(H3,74,76,112)/t36-,42+,43+,44+,45+,46+,47+,48+,49+,50+,51+,56+/m1/s1. The molecule has 114 heavy (non-hydrogen) atoms. The molecule has 0 bridgehead atoms. The van der Waals surface area contributed by atoms with Crippen LogP contribution >= 0.6 is 25.3 Å². The summed E-state index contributed by atoms with van der Waals surface area (Å²) in [5.74, 6) is -17.4. The first-order chi connectivity index (χ1) is 54.1. The molecule has 0 radical (unpaired) electrons. The topological polar surface area (TPSA) is 688 Å². The summed E-state index contributed by atoms with van der Waals surface area (Å²) in [7, 11) is 0. The van der Waals surface area contributed by atoms with E-state index in [4.69, 9.17) is 28.3 Å². The lowest BCUT2D eigenvalue weighted by Gasteiger charge is -2.31. The van der Waals surface area contributed by atoms with E-state index in [2.05, 4.69) is 110 Å². The number of hydrogen-bond acceptors (Lipinski definition) is 24. The number of hydrogen-bond donors (Lipinski definition) is 25. The Kier molecular flexibility index (Phi) is 38.1. The van der Waals surface area contributed by atoms with Crippen LogP contribution in [0.4, 0.5) is 4.79 Å². The molecule has 1 saturated heterocycles. The van der Waals surface area contributed by atoms with Crippen molar-refractivity contribution in [2.24, 2.45) is 22.9 Å². The first-order valence-electron chi connectivity index (χ1n) is 36.3. The quantitative estimate of drug-likeness (QED) is 0.00846. The average Bonchev–Trinajstić information content (AvgIpc) is 1.64. The van der Waals surface area contributed by atoms with Gasteiger partial charge < -0.3 is 122 Å². The van der Waals surface area contributed by atoms with Crippen LogP contribution in [0.1, 0.15) is 101 Å². The van der Waals surface area contributed by atoms with Crippen molar-refractivity contribution in [3.05, 3.63) is 77.7 Å². The number of aromatic hydroxyl groups is 1. The number of carboxylic acids is 2. The molecule has 27 N–H and O–H groups in total. The summed E-state index contributed by atoms with van der Waals surface area (Å²) in [5.41, 5.74) is 24.1. The predicted molar refractivity (Wildman–Crippen MR) is 412 cm³/mol. The first kappa shape index (κ1) is 92.7. The zero-order chi connectivity index (χ0) is 84.3. The van der Waals surface area contributed by atoms with Gasteiger partial charge in [0.1, 0.15) is 72.2 Å². The number of guanidine groups is 1. The molecule has 0 spiro atoms. The molecule has 0 saturated carbocycles. The number of thiol groups is 2. The number of benzene rings is 2. The number of aryl methyl sites for hydroxylation is 3. The van der Waals surface area contributed by atoms with Crippen molar-refractivity contribution in [3.63, 3.8) is 0 Å². The maximum atomic E-state index is 15.0. The zero-order valence-electron chi connectivity index (χ0n) is 62.6. The molecule has 4 aromatic rings. The van der Waals surface area contributed by atoms with E-state index >= 15 is 0 Å². The molecule has 2 aromatic heterocycles. The van der Waals surface area contributed by atoms with Crippen LogP contribution < -0.4 is 92.1 Å². The third-order valence-electron chi connectivity index (χ3n) is 17.9. The molecule has 1 aliphatic heterocycles. The molecular weight excluding hydrogens is 1540 g/mol. The lowest BCUT2D eigenvalue weighted by Crippen LogP contribution is -2.61. The lowest BCUT2D eigenvalue weighted by molar-refractivity contribution is -0.146. The van der Waals surface area contributed by atoms with Gasteiger partial charge in [0.15, 0.2) is 5.96 Å². The number of carbonyl (C=O) groups excluding carboxylic acids is 14. The van der Waals surface area contributed by atoms with Crippen molar-refractivity contribution in [1.29, 1.82) is 5.41 Å². The van der Waals surface area contributed by atoms with Crippen LogP contribution in [0.3, 0.4) is 0 Å². The number of phenols is 1. The summed E-state index contributed by atoms with van der Waals surface area (Å²) in [5, 5.41) is 88.7. The minimum absolute atomic E-state index is 0.00137. The van der Waals surface area contributed by atoms with Crippen LogP contribution in [0.5, 0.6) is 5.75 Å². The molecule has 15 amide bonds. The van der Waals surface area contributed by atoms with Crippen molar-refractivity contribution in [3.8, 4) is 5.75 Å². The number of fused-ring (bicyclic) bond motifs is 1. The number of H-pyrrole nitrogens is 1. The number of nitrogens with one attached hydrogen (secondary N) is 15. The molecule has 12 atom stereocenters. The molecule has 0 aliphatic carbocycles. The van der Waals surface area contributed by atoms with Gasteiger partial charge in [0.05, 0.1) is 31.3 Å². The third-order valence-corrected chi connectivity index (χ3v) is 18.6. The summed E-state index contributed by atoms with van der Waals surface area (Å²) in [6, 6.07) is -6.04. The number of phenolic OH excluding ortho intramolecular Hbond substituents is 1. The van der Waals surface area contributed by atoms with Gasteiger partial charge in [-0.05, 0) is 114 Å². The molecule has 5 rings (SSSR count). The van der Waals surface area contributed by atoms with Crippen LogP contribution in [0.25, 0.3) is 10.9 Å². The van der Waals surface area contributed by atoms with Crippen LogP contribution in [0, 0.1) is 12.3 Å². The molecular formula is C69H101N23O20S2. The Hall–Kier alpha value is -11.9. The number of likely N-dealkylation sites (tertiary alicyclic amines) is 1. The number of aromatic nitrogens is 4. The summed E-state index contributed by atoms with van der Waals surface area (Å²) in [6.45, 7) is 1.27. The summed E-state index contributed by atoms with van der Waals surface area (Å²) < 4.78 is 1.47. The number of para-hydroxylation sites is 1. The van der Waals surface area contributed by atoms with E-state index in [1.54, 1.807) is 43.6 Å². The van der Waals surface area contributed by atoms with Gasteiger partial charge in [-0.25, -0.2) is 9.59 Å². The number of rotatable bonds is 49. The summed E-state index contributed by atoms with van der Waals surface area (Å²) in [4.78, 5) is 221. The summed E-state index contributed by atoms with van der Waals surface area (Å²) in [6.07, 6.45) is -1.55. The van der Waals surface area contributed by atoms with Gasteiger partial charge in [0, 0.05) is 73.8 Å². The minimum atomic E-state index is -1.95. The van der Waals surface area contributed by atoms with Crippen molar-refractivity contribution in [2.75, 3.05) is 44.2 Å². The first-order valence-corrected chi connectivity index (χ1v) is 37.6. The molecule has 1 aliphatic rings. The maximum absolute atomic E-state index is 15.0. The molecule has 3 heterocycles. The van der Waals surface area contributed by atoms with Gasteiger partial charge in [-0.3, -0.25) is 77.2 Å². The van der Waals surface area contributed by atoms with E-state index < -0.39 is 211 Å². The van der Waals surface area contributed by atoms with Gasteiger partial charge >= 0.3 is 18.0 Å². The van der Waals surface area contributed by atoms with E-state index in [0.717, 1.165) is 17.2 Å². The maximum Gasteiger partial charge on any atom is 0.326 e. The second-order valence-corrected chi connectivity index (χ2v) is 27.5. The fourth-order valence-corrected chi connectivity index (χ4v) is 12.5. The number of urea groups is 1. The predicted octanol–water partition coefficient (Wildman–Crippen LogP) is -6.88. The molecule has 2 aromatic carbocycles. The minimum Gasteiger partial charge on any atom is -0.508 e. The largest absolute Gasteiger partial charge is 0.508 e. The molecule has 1 fully saturated rings. The smallest absolute Gasteiger partial charge is 0.326 e. The number of carbonyl (C=O) groups is 16. The number of nitrogens with zero attached hydrogens (tertiary/aromatic N) is 4. The zero-order valence-corrected chi connectivity index (χ0v) is 64.4. The van der Waals surface area contributed by atoms with E-state index in [0.29, 0.717) is 22.3 Å². The Morgan fingerprint density at radius 3 is 1.70 bits per heavy atom. The Morgan fingerprint density at radius 1 is 0.623 bits per heavy atom. The number of aromatic amines is 1. The SMILES string of the molecule is Cc1cn(CCC[C@H](NC(=O)[C@H](CCC(N)=O)NC(=O)[C@H](CCc2c[nH]c3ccccc23)NC(=O)[C@H](CCCNC(N)=O)NC(=O)[C@H](CS)NC(=O)[C@H](CCCNC(=N)N)NC(=O)[C@@H]2CCCN2C(=O)[C@H](CC(=O)O)NC(=O)[C@@H](NC(=O)CNC(=O)[C@H](CS)NC(=O)CN)[C@@H](C)O)C(=O)N[C@@H](Cc2ccc(O)cc2)C(=O)O)nn1. The second kappa shape index (κ2) is 46.8. The van der Waals surface area contributed by atoms with Crippen LogP contribution in [0.2, 0.25) is 0 Å². The van der Waals surface area contributed by atoms with Crippen molar-refractivity contribution >= 4 is 137 Å². The fraction of sp³-hybridized carbons (Fsp3) is 0.522. The van der Waals surface area contributed by atoms with Gasteiger partial charge in [0.25, 0.3) is 0 Å². The van der Waals surface area contributed by atoms with E-state index in [-0.39, 0.29) is 108 Å². The van der Waals surface area contributed by atoms with E-state index in [1.165, 1.54) is 28.9 Å². The highest BCUT2D eigenvalue weighted by Gasteiger charge is 2.42. The number of aliphatic hydroxyl groups is 1. The average molecular weight is 1640 g/mol. The van der Waals surface area contributed by atoms with Gasteiger partial charge in [-0.2, -0.15) is 25.3 Å². The van der Waals surface area contributed by atoms with E-state index in [9.17, 15) is 97.1 Å². The van der Waals surface area contributed by atoms with E-state index in [1.807, 2.05) is 0 Å². The van der Waals surface area contributed by atoms with Crippen LogP contribution in [0.15, 0.2) is 60.9 Å². The number of primary amides is 2. The second-order valence-electron chi connectivity index (χ2n) is 26.8. The van der Waals surface area contributed by atoms with Gasteiger partial charge in [-0.15, -0.1) is 5.10 Å². The molecule has 0 unspecified atom stereocenters. The number of aliphatic carboxylic acids is 2. The van der Waals surface area contributed by atoms with Crippen molar-refractivity contribution in [2.45, 2.75) is 183 Å².